The first kappa shape index (κ1) is 10.5. The minimum absolute atomic E-state index is 0.607. The van der Waals surface area contributed by atoms with Gasteiger partial charge < -0.3 is 10.2 Å². The molecule has 88 valence electrons. The average Bonchev–Trinajstić information content (AvgIpc) is 2.96. The van der Waals surface area contributed by atoms with E-state index in [0.29, 0.717) is 12.4 Å². The highest BCUT2D eigenvalue weighted by atomic mass is 16.3. The summed E-state index contributed by atoms with van der Waals surface area (Å²) in [6.45, 7) is 0.607. The fourth-order valence-corrected chi connectivity index (χ4v) is 2.41. The first-order chi connectivity index (χ1) is 8.36. The number of hydrogen-bond acceptors (Lipinski definition) is 3. The first-order valence-corrected chi connectivity index (χ1v) is 6.13. The largest absolute Gasteiger partial charge is 0.444 e. The Morgan fingerprint density at radius 2 is 2.12 bits per heavy atom. The second-order valence-corrected chi connectivity index (χ2v) is 4.52. The van der Waals surface area contributed by atoms with Gasteiger partial charge in [-0.2, -0.15) is 0 Å². The number of aryl methyl sites for hydroxylation is 2. The molecule has 0 fully saturated rings. The van der Waals surface area contributed by atoms with Crippen LogP contribution in [0.25, 0.3) is 11.5 Å². The van der Waals surface area contributed by atoms with Gasteiger partial charge in [0.05, 0.1) is 5.69 Å². The molecular weight excluding hydrogens is 212 g/mol. The standard InChI is InChI=1S/C14H16N2O/c15-7-6-13-9-17-14(16-13)12-5-4-10-2-1-3-11(10)8-12/h4-5,8-9H,1-3,6-7,15H2. The summed E-state index contributed by atoms with van der Waals surface area (Å²) >= 11 is 0. The van der Waals surface area contributed by atoms with Crippen LogP contribution >= 0.6 is 0 Å². The van der Waals surface area contributed by atoms with Crippen LogP contribution in [0.15, 0.2) is 28.9 Å². The van der Waals surface area contributed by atoms with Crippen molar-refractivity contribution in [2.45, 2.75) is 25.7 Å². The number of rotatable bonds is 3. The van der Waals surface area contributed by atoms with Crippen molar-refractivity contribution in [1.29, 1.82) is 0 Å². The van der Waals surface area contributed by atoms with Gasteiger partial charge in [-0.05, 0) is 49.1 Å². The molecule has 1 aliphatic carbocycles. The topological polar surface area (TPSA) is 52.0 Å². The van der Waals surface area contributed by atoms with Gasteiger partial charge in [0.2, 0.25) is 5.89 Å². The van der Waals surface area contributed by atoms with Crippen molar-refractivity contribution in [3.63, 3.8) is 0 Å². The van der Waals surface area contributed by atoms with Crippen molar-refractivity contribution < 1.29 is 4.42 Å². The third kappa shape index (κ3) is 1.98. The second-order valence-electron chi connectivity index (χ2n) is 4.52. The van der Waals surface area contributed by atoms with E-state index in [1.54, 1.807) is 6.26 Å². The SMILES string of the molecule is NCCc1coc(-c2ccc3c(c2)CCC3)n1. The smallest absolute Gasteiger partial charge is 0.226 e. The summed E-state index contributed by atoms with van der Waals surface area (Å²) in [7, 11) is 0. The van der Waals surface area contributed by atoms with Crippen molar-refractivity contribution in [2.24, 2.45) is 5.73 Å². The van der Waals surface area contributed by atoms with E-state index >= 15 is 0 Å². The summed E-state index contributed by atoms with van der Waals surface area (Å²) in [6, 6.07) is 6.51. The quantitative estimate of drug-likeness (QED) is 0.877. The zero-order valence-corrected chi connectivity index (χ0v) is 9.78. The fraction of sp³-hybridized carbons (Fsp3) is 0.357. The molecule has 0 saturated heterocycles. The monoisotopic (exact) mass is 228 g/mol. The number of nitrogens with two attached hydrogens (primary N) is 1. The van der Waals surface area contributed by atoms with Crippen LogP contribution in [0, 0.1) is 0 Å². The van der Waals surface area contributed by atoms with E-state index in [0.717, 1.165) is 17.7 Å². The maximum absolute atomic E-state index is 5.50. The van der Waals surface area contributed by atoms with E-state index in [-0.39, 0.29) is 0 Å². The van der Waals surface area contributed by atoms with Gasteiger partial charge >= 0.3 is 0 Å². The van der Waals surface area contributed by atoms with Gasteiger partial charge in [-0.1, -0.05) is 6.07 Å². The number of benzene rings is 1. The molecule has 0 atom stereocenters. The predicted octanol–water partition coefficient (Wildman–Crippen LogP) is 2.33. The van der Waals surface area contributed by atoms with Gasteiger partial charge in [-0.25, -0.2) is 4.98 Å². The first-order valence-electron chi connectivity index (χ1n) is 6.13. The summed E-state index contributed by atoms with van der Waals surface area (Å²) in [4.78, 5) is 4.45. The molecule has 0 saturated carbocycles. The van der Waals surface area contributed by atoms with Crippen LogP contribution in [0.5, 0.6) is 0 Å². The van der Waals surface area contributed by atoms with E-state index in [4.69, 9.17) is 10.2 Å². The number of oxazole rings is 1. The average molecular weight is 228 g/mol. The van der Waals surface area contributed by atoms with Crippen LogP contribution in [-0.2, 0) is 19.3 Å². The molecule has 17 heavy (non-hydrogen) atoms. The van der Waals surface area contributed by atoms with E-state index in [9.17, 15) is 0 Å². The lowest BCUT2D eigenvalue weighted by Crippen LogP contribution is -2.02. The maximum Gasteiger partial charge on any atom is 0.226 e. The van der Waals surface area contributed by atoms with Crippen LogP contribution < -0.4 is 5.73 Å². The summed E-state index contributed by atoms with van der Waals surface area (Å²) in [6.07, 6.45) is 6.13. The molecule has 0 bridgehead atoms. The number of hydrogen-bond donors (Lipinski definition) is 1. The Balaban J connectivity index is 1.92. The molecule has 3 nitrogen and oxygen atoms in total. The Kier molecular flexibility index (Phi) is 2.69. The van der Waals surface area contributed by atoms with Crippen molar-refractivity contribution >= 4 is 0 Å². The fourth-order valence-electron chi connectivity index (χ4n) is 2.41. The predicted molar refractivity (Wildman–Crippen MR) is 66.7 cm³/mol. The zero-order valence-electron chi connectivity index (χ0n) is 9.78. The molecule has 0 spiro atoms. The van der Waals surface area contributed by atoms with Crippen LogP contribution in [0.4, 0.5) is 0 Å². The van der Waals surface area contributed by atoms with Crippen LogP contribution in [-0.4, -0.2) is 11.5 Å². The molecule has 3 heteroatoms. The van der Waals surface area contributed by atoms with E-state index in [1.165, 1.54) is 30.4 Å². The van der Waals surface area contributed by atoms with E-state index in [1.807, 2.05) is 0 Å². The summed E-state index contributed by atoms with van der Waals surface area (Å²) in [5.41, 5.74) is 10.4. The Hall–Kier alpha value is -1.61. The van der Waals surface area contributed by atoms with Gasteiger partial charge in [0.25, 0.3) is 0 Å². The summed E-state index contributed by atoms with van der Waals surface area (Å²) in [5.74, 6) is 0.711. The Morgan fingerprint density at radius 3 is 3.00 bits per heavy atom. The Bertz CT molecular complexity index is 531. The van der Waals surface area contributed by atoms with Crippen LogP contribution in [0.3, 0.4) is 0 Å². The van der Waals surface area contributed by atoms with Crippen molar-refractivity contribution in [3.8, 4) is 11.5 Å². The molecular formula is C14H16N2O. The Morgan fingerprint density at radius 1 is 1.24 bits per heavy atom. The number of nitrogens with zero attached hydrogens (tertiary/aromatic N) is 1. The molecule has 1 aromatic carbocycles. The van der Waals surface area contributed by atoms with Crippen molar-refractivity contribution in [1.82, 2.24) is 4.98 Å². The van der Waals surface area contributed by atoms with Crippen LogP contribution in [0.2, 0.25) is 0 Å². The Labute approximate surface area is 101 Å². The summed E-state index contributed by atoms with van der Waals surface area (Å²) in [5, 5.41) is 0. The van der Waals surface area contributed by atoms with Crippen molar-refractivity contribution in [2.75, 3.05) is 6.54 Å². The maximum atomic E-state index is 5.50. The molecule has 1 aliphatic rings. The second kappa shape index (κ2) is 4.34. The third-order valence-electron chi connectivity index (χ3n) is 3.30. The highest BCUT2D eigenvalue weighted by Gasteiger charge is 2.13. The minimum Gasteiger partial charge on any atom is -0.444 e. The van der Waals surface area contributed by atoms with Gasteiger partial charge in [-0.15, -0.1) is 0 Å². The molecule has 2 aromatic rings. The molecule has 0 aliphatic heterocycles. The van der Waals surface area contributed by atoms with Gasteiger partial charge in [0, 0.05) is 12.0 Å². The van der Waals surface area contributed by atoms with Gasteiger partial charge in [0.15, 0.2) is 0 Å². The minimum atomic E-state index is 0.607. The van der Waals surface area contributed by atoms with Crippen LogP contribution in [0.1, 0.15) is 23.2 Å². The highest BCUT2D eigenvalue weighted by Crippen LogP contribution is 2.27. The molecule has 3 rings (SSSR count). The lowest BCUT2D eigenvalue weighted by molar-refractivity contribution is 0.572. The highest BCUT2D eigenvalue weighted by molar-refractivity contribution is 5.56. The van der Waals surface area contributed by atoms with E-state index in [2.05, 4.69) is 23.2 Å². The molecule has 1 aromatic heterocycles. The molecule has 0 amide bonds. The van der Waals surface area contributed by atoms with Crippen molar-refractivity contribution in [3.05, 3.63) is 41.3 Å². The lowest BCUT2D eigenvalue weighted by Gasteiger charge is -2.00. The van der Waals surface area contributed by atoms with Gasteiger partial charge in [0.1, 0.15) is 6.26 Å². The molecule has 0 unspecified atom stereocenters. The normalized spacial score (nSPS) is 13.9. The zero-order chi connectivity index (χ0) is 11.7. The molecule has 0 radical (unpaired) electrons. The molecule has 2 N–H and O–H groups in total. The number of aromatic nitrogens is 1. The third-order valence-corrected chi connectivity index (χ3v) is 3.30. The van der Waals surface area contributed by atoms with Gasteiger partial charge in [-0.3, -0.25) is 0 Å². The lowest BCUT2D eigenvalue weighted by atomic mass is 10.1. The van der Waals surface area contributed by atoms with E-state index < -0.39 is 0 Å². The number of fused-ring (bicyclic) bond motifs is 1. The molecule has 1 heterocycles. The summed E-state index contributed by atoms with van der Waals surface area (Å²) < 4.78 is 5.50.